The summed E-state index contributed by atoms with van der Waals surface area (Å²) in [4.78, 5) is 7.85. The summed E-state index contributed by atoms with van der Waals surface area (Å²) in [6.07, 6.45) is 0. The van der Waals surface area contributed by atoms with Crippen LogP contribution < -0.4 is 4.74 Å². The summed E-state index contributed by atoms with van der Waals surface area (Å²) in [6, 6.07) is 15.2. The number of rotatable bonds is 3. The Bertz CT molecular complexity index is 972. The smallest absolute Gasteiger partial charge is 0.156 e. The molecule has 23 heavy (non-hydrogen) atoms. The Hall–Kier alpha value is -2.79. The summed E-state index contributed by atoms with van der Waals surface area (Å²) in [5, 5.41) is 8.06. The maximum atomic E-state index is 5.92. The number of aromatic nitrogens is 4. The maximum absolute atomic E-state index is 5.92. The zero-order valence-corrected chi connectivity index (χ0v) is 13.1. The van der Waals surface area contributed by atoms with E-state index < -0.39 is 0 Å². The Labute approximate surface area is 137 Å². The van der Waals surface area contributed by atoms with Crippen LogP contribution in [0.3, 0.4) is 0 Å². The second kappa shape index (κ2) is 5.44. The second-order valence-corrected chi connectivity index (χ2v) is 5.58. The molecule has 114 valence electrons. The standard InChI is InChI=1S/C17H13ClN4O/c1-23-12-6-7-13-15(8-12)20-17(19-13)16-9-14(21-22-16)10-2-4-11(18)5-3-10/h2-9H,1H3,(H,19,20)(H,21,22). The number of ether oxygens (including phenoxy) is 1. The molecule has 0 aliphatic carbocycles. The van der Waals surface area contributed by atoms with Crippen LogP contribution in [0.5, 0.6) is 5.75 Å². The number of methoxy groups -OCH3 is 1. The van der Waals surface area contributed by atoms with Crippen molar-refractivity contribution in [1.29, 1.82) is 0 Å². The lowest BCUT2D eigenvalue weighted by atomic mass is 10.1. The average Bonchev–Trinajstić information content (AvgIpc) is 3.21. The van der Waals surface area contributed by atoms with Crippen molar-refractivity contribution >= 4 is 22.6 Å². The van der Waals surface area contributed by atoms with Crippen LogP contribution in [0.1, 0.15) is 0 Å². The highest BCUT2D eigenvalue weighted by Crippen LogP contribution is 2.26. The van der Waals surface area contributed by atoms with E-state index in [1.54, 1.807) is 7.11 Å². The Morgan fingerprint density at radius 3 is 2.65 bits per heavy atom. The van der Waals surface area contributed by atoms with Gasteiger partial charge in [0.1, 0.15) is 11.4 Å². The normalized spacial score (nSPS) is 11.0. The van der Waals surface area contributed by atoms with E-state index in [0.717, 1.165) is 39.6 Å². The number of nitrogens with one attached hydrogen (secondary N) is 2. The Balaban J connectivity index is 1.72. The van der Waals surface area contributed by atoms with Crippen molar-refractivity contribution in [3.05, 3.63) is 53.6 Å². The fraction of sp³-hybridized carbons (Fsp3) is 0.0588. The largest absolute Gasteiger partial charge is 0.497 e. The Kier molecular flexibility index (Phi) is 3.28. The van der Waals surface area contributed by atoms with Crippen LogP contribution >= 0.6 is 11.6 Å². The lowest BCUT2D eigenvalue weighted by molar-refractivity contribution is 0.415. The monoisotopic (exact) mass is 324 g/mol. The summed E-state index contributed by atoms with van der Waals surface area (Å²) >= 11 is 5.92. The summed E-state index contributed by atoms with van der Waals surface area (Å²) in [6.45, 7) is 0. The van der Waals surface area contributed by atoms with Gasteiger partial charge in [-0.15, -0.1) is 0 Å². The van der Waals surface area contributed by atoms with Gasteiger partial charge in [0.15, 0.2) is 5.82 Å². The van der Waals surface area contributed by atoms with E-state index in [9.17, 15) is 0 Å². The van der Waals surface area contributed by atoms with Crippen LogP contribution in [0.15, 0.2) is 48.5 Å². The van der Waals surface area contributed by atoms with Crippen LogP contribution in [0.4, 0.5) is 0 Å². The van der Waals surface area contributed by atoms with Crippen LogP contribution in [-0.2, 0) is 0 Å². The third-order valence-corrected chi connectivity index (χ3v) is 3.91. The molecular weight excluding hydrogens is 312 g/mol. The van der Waals surface area contributed by atoms with Crippen LogP contribution in [0.2, 0.25) is 5.02 Å². The maximum Gasteiger partial charge on any atom is 0.156 e. The number of H-pyrrole nitrogens is 2. The number of fused-ring (bicyclic) bond motifs is 1. The van der Waals surface area contributed by atoms with Crippen molar-refractivity contribution in [1.82, 2.24) is 20.2 Å². The number of halogens is 1. The van der Waals surface area contributed by atoms with Crippen molar-refractivity contribution in [2.24, 2.45) is 0 Å². The number of benzene rings is 2. The van der Waals surface area contributed by atoms with Gasteiger partial charge >= 0.3 is 0 Å². The molecule has 0 saturated carbocycles. The quantitative estimate of drug-likeness (QED) is 0.591. The molecule has 2 N–H and O–H groups in total. The molecule has 2 heterocycles. The average molecular weight is 325 g/mol. The fourth-order valence-corrected chi connectivity index (χ4v) is 2.58. The molecule has 0 unspecified atom stereocenters. The van der Waals surface area contributed by atoms with E-state index in [1.165, 1.54) is 0 Å². The predicted molar refractivity (Wildman–Crippen MR) is 90.7 cm³/mol. The molecule has 5 nitrogen and oxygen atoms in total. The van der Waals surface area contributed by atoms with E-state index in [0.29, 0.717) is 5.02 Å². The number of hydrogen-bond acceptors (Lipinski definition) is 3. The van der Waals surface area contributed by atoms with E-state index >= 15 is 0 Å². The van der Waals surface area contributed by atoms with Gasteiger partial charge in [-0.05, 0) is 30.3 Å². The first-order valence-electron chi connectivity index (χ1n) is 7.08. The molecule has 0 saturated heterocycles. The molecule has 0 radical (unpaired) electrons. The molecule has 4 rings (SSSR count). The molecule has 0 fully saturated rings. The lowest BCUT2D eigenvalue weighted by Gasteiger charge is -1.96. The highest BCUT2D eigenvalue weighted by Gasteiger charge is 2.10. The van der Waals surface area contributed by atoms with Gasteiger partial charge in [-0.3, -0.25) is 5.10 Å². The third kappa shape index (κ3) is 2.55. The molecule has 0 aliphatic heterocycles. The Morgan fingerprint density at radius 1 is 1.04 bits per heavy atom. The molecule has 0 amide bonds. The first kappa shape index (κ1) is 13.8. The molecule has 0 spiro atoms. The van der Waals surface area contributed by atoms with Gasteiger partial charge in [-0.1, -0.05) is 23.7 Å². The van der Waals surface area contributed by atoms with Gasteiger partial charge in [0.25, 0.3) is 0 Å². The summed E-state index contributed by atoms with van der Waals surface area (Å²) < 4.78 is 5.23. The number of aromatic amines is 2. The van der Waals surface area contributed by atoms with E-state index in [-0.39, 0.29) is 0 Å². The number of nitrogens with zero attached hydrogens (tertiary/aromatic N) is 2. The van der Waals surface area contributed by atoms with Crippen LogP contribution in [-0.4, -0.2) is 27.3 Å². The molecule has 2 aromatic heterocycles. The minimum Gasteiger partial charge on any atom is -0.497 e. The highest BCUT2D eigenvalue weighted by atomic mass is 35.5. The fourth-order valence-electron chi connectivity index (χ4n) is 2.45. The van der Waals surface area contributed by atoms with Gasteiger partial charge in [-0.2, -0.15) is 5.10 Å². The topological polar surface area (TPSA) is 66.6 Å². The predicted octanol–water partition coefficient (Wildman–Crippen LogP) is 4.28. The molecule has 0 atom stereocenters. The number of imidazole rings is 1. The van der Waals surface area contributed by atoms with Crippen molar-refractivity contribution < 1.29 is 4.74 Å². The highest BCUT2D eigenvalue weighted by molar-refractivity contribution is 6.30. The van der Waals surface area contributed by atoms with Crippen molar-refractivity contribution in [2.75, 3.05) is 7.11 Å². The molecule has 6 heteroatoms. The van der Waals surface area contributed by atoms with E-state index in [4.69, 9.17) is 16.3 Å². The lowest BCUT2D eigenvalue weighted by Crippen LogP contribution is -1.81. The molecule has 4 aromatic rings. The number of hydrogen-bond donors (Lipinski definition) is 2. The Morgan fingerprint density at radius 2 is 1.87 bits per heavy atom. The minimum atomic E-state index is 0.704. The van der Waals surface area contributed by atoms with Gasteiger partial charge in [0.05, 0.1) is 23.8 Å². The summed E-state index contributed by atoms with van der Waals surface area (Å²) in [5.74, 6) is 1.53. The molecule has 0 bridgehead atoms. The van der Waals surface area contributed by atoms with Crippen LogP contribution in [0, 0.1) is 0 Å². The first-order valence-corrected chi connectivity index (χ1v) is 7.46. The molecule has 0 aliphatic rings. The van der Waals surface area contributed by atoms with Crippen molar-refractivity contribution in [3.8, 4) is 28.5 Å². The van der Waals surface area contributed by atoms with Gasteiger partial charge in [-0.25, -0.2) is 4.98 Å². The van der Waals surface area contributed by atoms with Crippen LogP contribution in [0.25, 0.3) is 33.8 Å². The van der Waals surface area contributed by atoms with E-state index in [2.05, 4.69) is 20.2 Å². The SMILES string of the molecule is COc1ccc2nc(-c3cc(-c4ccc(Cl)cc4)n[nH]3)[nH]c2c1. The zero-order chi connectivity index (χ0) is 15.8. The third-order valence-electron chi connectivity index (χ3n) is 3.66. The summed E-state index contributed by atoms with van der Waals surface area (Å²) in [5.41, 5.74) is 4.46. The van der Waals surface area contributed by atoms with Crippen molar-refractivity contribution in [2.45, 2.75) is 0 Å². The molecular formula is C17H13ClN4O. The van der Waals surface area contributed by atoms with Gasteiger partial charge in [0.2, 0.25) is 0 Å². The van der Waals surface area contributed by atoms with Gasteiger partial charge in [0, 0.05) is 16.7 Å². The second-order valence-electron chi connectivity index (χ2n) is 5.14. The minimum absolute atomic E-state index is 0.704. The zero-order valence-electron chi connectivity index (χ0n) is 12.3. The van der Waals surface area contributed by atoms with Crippen molar-refractivity contribution in [3.63, 3.8) is 0 Å². The van der Waals surface area contributed by atoms with E-state index in [1.807, 2.05) is 48.5 Å². The summed E-state index contributed by atoms with van der Waals surface area (Å²) in [7, 11) is 1.64. The first-order chi connectivity index (χ1) is 11.2. The molecule has 2 aromatic carbocycles. The van der Waals surface area contributed by atoms with Gasteiger partial charge < -0.3 is 9.72 Å².